The van der Waals surface area contributed by atoms with E-state index in [1.807, 2.05) is 20.8 Å². The van der Waals surface area contributed by atoms with Crippen molar-refractivity contribution in [1.82, 2.24) is 10.6 Å². The van der Waals surface area contributed by atoms with Crippen molar-refractivity contribution in [3.8, 4) is 0 Å². The highest BCUT2D eigenvalue weighted by Crippen LogP contribution is 2.13. The quantitative estimate of drug-likeness (QED) is 0.536. The van der Waals surface area contributed by atoms with Crippen molar-refractivity contribution in [3.05, 3.63) is 35.1 Å². The summed E-state index contributed by atoms with van der Waals surface area (Å²) in [6.07, 6.45) is 1.38. The maximum atomic E-state index is 13.3. The predicted molar refractivity (Wildman–Crippen MR) is 89.5 cm³/mol. The van der Waals surface area contributed by atoms with Gasteiger partial charge in [-0.3, -0.25) is 0 Å². The smallest absolute Gasteiger partial charge is 0.191 e. The fourth-order valence-electron chi connectivity index (χ4n) is 2.07. The van der Waals surface area contributed by atoms with E-state index in [4.69, 9.17) is 0 Å². The summed E-state index contributed by atoms with van der Waals surface area (Å²) in [6.45, 7) is 9.33. The molecule has 0 unspecified atom stereocenters. The Morgan fingerprint density at radius 1 is 1.23 bits per heavy atom. The highest BCUT2D eigenvalue weighted by molar-refractivity contribution is 5.79. The summed E-state index contributed by atoms with van der Waals surface area (Å²) >= 11 is 0. The van der Waals surface area contributed by atoms with Crippen LogP contribution in [0.3, 0.4) is 0 Å². The molecule has 1 rings (SSSR count). The van der Waals surface area contributed by atoms with Crippen LogP contribution in [0.25, 0.3) is 0 Å². The Hall–Kier alpha value is -1.62. The molecule has 0 aliphatic heterocycles. The summed E-state index contributed by atoms with van der Waals surface area (Å²) in [5.41, 5.74) is 0.859. The topological polar surface area (TPSA) is 56.7 Å². The van der Waals surface area contributed by atoms with Gasteiger partial charge in [-0.1, -0.05) is 26.0 Å². The Balaban J connectivity index is 2.70. The van der Waals surface area contributed by atoms with Crippen molar-refractivity contribution < 1.29 is 9.50 Å². The number of guanidine groups is 1. The minimum Gasteiger partial charge on any atom is -0.388 e. The van der Waals surface area contributed by atoms with E-state index in [2.05, 4.69) is 15.6 Å². The Labute approximate surface area is 132 Å². The molecule has 5 heteroatoms. The van der Waals surface area contributed by atoms with Crippen LogP contribution < -0.4 is 10.6 Å². The van der Waals surface area contributed by atoms with E-state index >= 15 is 0 Å². The van der Waals surface area contributed by atoms with Crippen LogP contribution >= 0.6 is 0 Å². The Morgan fingerprint density at radius 2 is 1.91 bits per heavy atom. The molecule has 0 fully saturated rings. The van der Waals surface area contributed by atoms with Crippen LogP contribution in [0, 0.1) is 12.7 Å². The minimum atomic E-state index is -0.720. The van der Waals surface area contributed by atoms with Gasteiger partial charge in [0.2, 0.25) is 0 Å². The third-order valence-corrected chi connectivity index (χ3v) is 3.89. The Morgan fingerprint density at radius 3 is 2.45 bits per heavy atom. The number of hydrogen-bond donors (Lipinski definition) is 3. The van der Waals surface area contributed by atoms with E-state index in [1.54, 1.807) is 19.1 Å². The van der Waals surface area contributed by atoms with Gasteiger partial charge in [0.25, 0.3) is 0 Å². The molecule has 22 heavy (non-hydrogen) atoms. The molecular weight excluding hydrogens is 281 g/mol. The molecule has 0 amide bonds. The molecule has 0 saturated carbocycles. The van der Waals surface area contributed by atoms with Gasteiger partial charge in [0.1, 0.15) is 5.82 Å². The summed E-state index contributed by atoms with van der Waals surface area (Å²) in [7, 11) is 0. The van der Waals surface area contributed by atoms with Gasteiger partial charge in [0, 0.05) is 13.1 Å². The van der Waals surface area contributed by atoms with Crippen molar-refractivity contribution in [3.63, 3.8) is 0 Å². The molecular formula is C17H28FN3O. The maximum Gasteiger partial charge on any atom is 0.191 e. The third kappa shape index (κ3) is 5.64. The number of benzene rings is 1. The lowest BCUT2D eigenvalue weighted by Gasteiger charge is -2.26. The number of aliphatic imine (C=N–C) groups is 1. The zero-order valence-electron chi connectivity index (χ0n) is 14.0. The highest BCUT2D eigenvalue weighted by Gasteiger charge is 2.22. The molecule has 0 spiro atoms. The molecule has 3 N–H and O–H groups in total. The molecule has 4 nitrogen and oxygen atoms in total. The summed E-state index contributed by atoms with van der Waals surface area (Å²) in [5, 5.41) is 16.6. The van der Waals surface area contributed by atoms with Crippen molar-refractivity contribution in [2.75, 3.05) is 13.1 Å². The van der Waals surface area contributed by atoms with Crippen LogP contribution in [-0.4, -0.2) is 29.8 Å². The lowest BCUT2D eigenvalue weighted by atomic mass is 9.98. The first-order valence-electron chi connectivity index (χ1n) is 7.93. The number of halogens is 1. The second-order valence-electron chi connectivity index (χ2n) is 5.56. The average Bonchev–Trinajstić information content (AvgIpc) is 2.53. The molecule has 0 radical (unpaired) electrons. The molecule has 0 aliphatic carbocycles. The number of nitrogens with zero attached hydrogens (tertiary/aromatic N) is 1. The van der Waals surface area contributed by atoms with Crippen LogP contribution in [0.1, 0.15) is 44.7 Å². The first-order valence-corrected chi connectivity index (χ1v) is 7.93. The van der Waals surface area contributed by atoms with Crippen LogP contribution in [0.15, 0.2) is 23.2 Å². The molecule has 0 heterocycles. The number of nitrogens with one attached hydrogen (secondary N) is 2. The van der Waals surface area contributed by atoms with Gasteiger partial charge in [-0.2, -0.15) is 0 Å². The first-order chi connectivity index (χ1) is 10.4. The number of aliphatic hydroxyl groups is 1. The van der Waals surface area contributed by atoms with Gasteiger partial charge in [-0.15, -0.1) is 0 Å². The van der Waals surface area contributed by atoms with E-state index in [9.17, 15) is 9.50 Å². The second-order valence-corrected chi connectivity index (χ2v) is 5.56. The van der Waals surface area contributed by atoms with E-state index in [0.717, 1.165) is 12.1 Å². The van der Waals surface area contributed by atoms with E-state index in [1.165, 1.54) is 6.07 Å². The van der Waals surface area contributed by atoms with Gasteiger partial charge in [0.05, 0.1) is 12.1 Å². The molecule has 1 aromatic carbocycles. The van der Waals surface area contributed by atoms with Crippen LogP contribution in [-0.2, 0) is 6.54 Å². The highest BCUT2D eigenvalue weighted by atomic mass is 19.1. The fraction of sp³-hybridized carbons (Fsp3) is 0.588. The monoisotopic (exact) mass is 309 g/mol. The molecule has 0 atom stereocenters. The summed E-state index contributed by atoms with van der Waals surface area (Å²) in [4.78, 5) is 4.49. The third-order valence-electron chi connectivity index (χ3n) is 3.89. The van der Waals surface area contributed by atoms with Gasteiger partial charge in [-0.05, 0) is 43.9 Å². The van der Waals surface area contributed by atoms with Gasteiger partial charge in [-0.25, -0.2) is 9.38 Å². The largest absolute Gasteiger partial charge is 0.388 e. The number of hydrogen-bond acceptors (Lipinski definition) is 2. The zero-order valence-corrected chi connectivity index (χ0v) is 14.0. The van der Waals surface area contributed by atoms with Crippen LogP contribution in [0.5, 0.6) is 0 Å². The molecule has 0 bridgehead atoms. The van der Waals surface area contributed by atoms with Crippen LogP contribution in [0.2, 0.25) is 0 Å². The SMILES string of the molecule is CCNC(=NCc1ccc(F)c(C)c1)NCC(O)(CC)CC. The summed E-state index contributed by atoms with van der Waals surface area (Å²) in [6, 6.07) is 5.01. The second kappa shape index (κ2) is 8.73. The number of aryl methyl sites for hydroxylation is 1. The fourth-order valence-corrected chi connectivity index (χ4v) is 2.07. The minimum absolute atomic E-state index is 0.200. The Kier molecular flexibility index (Phi) is 7.32. The van der Waals surface area contributed by atoms with Crippen LogP contribution in [0.4, 0.5) is 4.39 Å². The average molecular weight is 309 g/mol. The number of rotatable bonds is 7. The standard InChI is InChI=1S/C17H28FN3O/c1-5-17(22,6-2)12-21-16(19-7-3)20-11-14-8-9-15(18)13(4)10-14/h8-10,22H,5-7,11-12H2,1-4H3,(H2,19,20,21). The normalized spacial score (nSPS) is 12.4. The summed E-state index contributed by atoms with van der Waals surface area (Å²) in [5.74, 6) is 0.457. The zero-order chi connectivity index (χ0) is 16.6. The Bertz CT molecular complexity index is 499. The van der Waals surface area contributed by atoms with Gasteiger partial charge >= 0.3 is 0 Å². The molecule has 1 aromatic rings. The van der Waals surface area contributed by atoms with Crippen molar-refractivity contribution in [1.29, 1.82) is 0 Å². The molecule has 0 aromatic heterocycles. The van der Waals surface area contributed by atoms with E-state index < -0.39 is 5.60 Å². The van der Waals surface area contributed by atoms with Gasteiger partial charge in [0.15, 0.2) is 5.96 Å². The van der Waals surface area contributed by atoms with E-state index in [-0.39, 0.29) is 5.82 Å². The molecule has 124 valence electrons. The lowest BCUT2D eigenvalue weighted by Crippen LogP contribution is -2.46. The maximum absolute atomic E-state index is 13.3. The van der Waals surface area contributed by atoms with Crippen molar-refractivity contribution >= 4 is 5.96 Å². The summed E-state index contributed by atoms with van der Waals surface area (Å²) < 4.78 is 13.3. The first kappa shape index (κ1) is 18.4. The predicted octanol–water partition coefficient (Wildman–Crippen LogP) is 2.74. The van der Waals surface area contributed by atoms with Crippen molar-refractivity contribution in [2.24, 2.45) is 4.99 Å². The van der Waals surface area contributed by atoms with E-state index in [0.29, 0.717) is 37.5 Å². The molecule has 0 aliphatic rings. The van der Waals surface area contributed by atoms with Gasteiger partial charge < -0.3 is 15.7 Å². The van der Waals surface area contributed by atoms with Crippen molar-refractivity contribution in [2.45, 2.75) is 52.7 Å². The lowest BCUT2D eigenvalue weighted by molar-refractivity contribution is 0.0367. The molecule has 0 saturated heterocycles.